The van der Waals surface area contributed by atoms with Crippen molar-refractivity contribution in [3.8, 4) is 0 Å². The van der Waals surface area contributed by atoms with Crippen LogP contribution in [-0.2, 0) is 4.74 Å². The zero-order chi connectivity index (χ0) is 9.47. The Balaban J connectivity index is 1.92. The molecule has 4 unspecified atom stereocenters. The monoisotopic (exact) mass is 182 g/mol. The smallest absolute Gasteiger partial charge is 0.0683 e. The van der Waals surface area contributed by atoms with Crippen molar-refractivity contribution >= 4 is 0 Å². The van der Waals surface area contributed by atoms with Crippen LogP contribution in [0.2, 0.25) is 0 Å². The molecule has 76 valence electrons. The quantitative estimate of drug-likeness (QED) is 0.636. The molecule has 0 N–H and O–H groups in total. The lowest BCUT2D eigenvalue weighted by molar-refractivity contribution is -0.103. The van der Waals surface area contributed by atoms with Crippen molar-refractivity contribution in [3.63, 3.8) is 0 Å². The third kappa shape index (κ3) is 1.90. The second-order valence-corrected chi connectivity index (χ2v) is 5.33. The molecule has 0 aromatic heterocycles. The van der Waals surface area contributed by atoms with Gasteiger partial charge in [0.1, 0.15) is 0 Å². The van der Waals surface area contributed by atoms with E-state index in [1.807, 2.05) is 0 Å². The highest BCUT2D eigenvalue weighted by molar-refractivity contribution is 4.92. The Morgan fingerprint density at radius 2 is 1.92 bits per heavy atom. The largest absolute Gasteiger partial charge is 0.371 e. The van der Waals surface area contributed by atoms with E-state index in [9.17, 15) is 0 Å². The second kappa shape index (κ2) is 3.27. The lowest BCUT2D eigenvalue weighted by Crippen LogP contribution is -2.39. The van der Waals surface area contributed by atoms with Gasteiger partial charge in [0.05, 0.1) is 11.7 Å². The molecule has 2 fully saturated rings. The van der Waals surface area contributed by atoms with Gasteiger partial charge >= 0.3 is 0 Å². The first kappa shape index (κ1) is 9.51. The molecule has 2 aliphatic carbocycles. The van der Waals surface area contributed by atoms with Crippen molar-refractivity contribution in [1.82, 2.24) is 0 Å². The van der Waals surface area contributed by atoms with Gasteiger partial charge in [-0.15, -0.1) is 0 Å². The molecule has 0 spiro atoms. The average Bonchev–Trinajstić information content (AvgIpc) is 2.73. The van der Waals surface area contributed by atoms with Gasteiger partial charge in [0.15, 0.2) is 0 Å². The maximum absolute atomic E-state index is 6.21. The first-order chi connectivity index (χ1) is 6.12. The average molecular weight is 182 g/mol. The highest BCUT2D eigenvalue weighted by Gasteiger charge is 2.43. The standard InChI is InChI=1S/C12H22O/c1-9-8-11(9)13-12(3)7-5-4-6-10(12)2/h9-11H,4-8H2,1-3H3. The predicted molar refractivity (Wildman–Crippen MR) is 54.7 cm³/mol. The van der Waals surface area contributed by atoms with Gasteiger partial charge in [0, 0.05) is 0 Å². The van der Waals surface area contributed by atoms with Crippen molar-refractivity contribution in [2.24, 2.45) is 11.8 Å². The van der Waals surface area contributed by atoms with E-state index in [-0.39, 0.29) is 5.60 Å². The van der Waals surface area contributed by atoms with Crippen molar-refractivity contribution < 1.29 is 4.74 Å². The van der Waals surface area contributed by atoms with E-state index in [1.165, 1.54) is 32.1 Å². The van der Waals surface area contributed by atoms with Crippen LogP contribution in [0.15, 0.2) is 0 Å². The fourth-order valence-corrected chi connectivity index (χ4v) is 2.45. The molecule has 2 aliphatic rings. The Kier molecular flexibility index (Phi) is 2.39. The van der Waals surface area contributed by atoms with Crippen LogP contribution in [0.3, 0.4) is 0 Å². The van der Waals surface area contributed by atoms with Crippen LogP contribution in [0.25, 0.3) is 0 Å². The highest BCUT2D eigenvalue weighted by Crippen LogP contribution is 2.43. The van der Waals surface area contributed by atoms with Gasteiger partial charge in [-0.3, -0.25) is 0 Å². The van der Waals surface area contributed by atoms with E-state index in [0.717, 1.165) is 11.8 Å². The second-order valence-electron chi connectivity index (χ2n) is 5.33. The van der Waals surface area contributed by atoms with Crippen LogP contribution in [0.1, 0.15) is 52.9 Å². The Hall–Kier alpha value is -0.0400. The summed E-state index contributed by atoms with van der Waals surface area (Å²) >= 11 is 0. The molecule has 0 aliphatic heterocycles. The fraction of sp³-hybridized carbons (Fsp3) is 1.00. The van der Waals surface area contributed by atoms with Crippen molar-refractivity contribution in [3.05, 3.63) is 0 Å². The summed E-state index contributed by atoms with van der Waals surface area (Å²) in [5, 5.41) is 0. The normalized spacial score (nSPS) is 50.5. The summed E-state index contributed by atoms with van der Waals surface area (Å²) in [6.45, 7) is 6.97. The number of rotatable bonds is 2. The molecule has 4 atom stereocenters. The minimum absolute atomic E-state index is 0.202. The first-order valence-corrected chi connectivity index (χ1v) is 5.79. The summed E-state index contributed by atoms with van der Waals surface area (Å²) in [6.07, 6.45) is 7.28. The molecule has 0 heterocycles. The minimum atomic E-state index is 0.202. The van der Waals surface area contributed by atoms with Gasteiger partial charge in [0.2, 0.25) is 0 Å². The molecule has 0 bridgehead atoms. The van der Waals surface area contributed by atoms with Gasteiger partial charge in [0.25, 0.3) is 0 Å². The first-order valence-electron chi connectivity index (χ1n) is 5.79. The van der Waals surface area contributed by atoms with Crippen LogP contribution in [-0.4, -0.2) is 11.7 Å². The molecular formula is C12H22O. The summed E-state index contributed by atoms with van der Waals surface area (Å²) in [6, 6.07) is 0. The maximum Gasteiger partial charge on any atom is 0.0683 e. The van der Waals surface area contributed by atoms with Gasteiger partial charge in [-0.2, -0.15) is 0 Å². The highest BCUT2D eigenvalue weighted by atomic mass is 16.5. The summed E-state index contributed by atoms with van der Waals surface area (Å²) in [7, 11) is 0. The third-order valence-corrected chi connectivity index (χ3v) is 4.06. The van der Waals surface area contributed by atoms with Gasteiger partial charge in [-0.1, -0.05) is 26.7 Å². The fourth-order valence-electron chi connectivity index (χ4n) is 2.45. The van der Waals surface area contributed by atoms with Crippen molar-refractivity contribution in [2.45, 2.75) is 64.6 Å². The predicted octanol–water partition coefficient (Wildman–Crippen LogP) is 3.38. The van der Waals surface area contributed by atoms with E-state index in [2.05, 4.69) is 20.8 Å². The summed E-state index contributed by atoms with van der Waals surface area (Å²) < 4.78 is 6.21. The Morgan fingerprint density at radius 1 is 1.23 bits per heavy atom. The van der Waals surface area contributed by atoms with E-state index in [4.69, 9.17) is 4.74 Å². The van der Waals surface area contributed by atoms with E-state index in [1.54, 1.807) is 0 Å². The third-order valence-electron chi connectivity index (χ3n) is 4.06. The molecule has 0 radical (unpaired) electrons. The Labute approximate surface area is 81.9 Å². The molecule has 0 aromatic carbocycles. The van der Waals surface area contributed by atoms with Crippen LogP contribution in [0, 0.1) is 11.8 Å². The lowest BCUT2D eigenvalue weighted by atomic mass is 9.77. The van der Waals surface area contributed by atoms with E-state index < -0.39 is 0 Å². The van der Waals surface area contributed by atoms with Gasteiger partial charge in [-0.05, 0) is 38.0 Å². The molecule has 1 nitrogen and oxygen atoms in total. The molecular weight excluding hydrogens is 160 g/mol. The van der Waals surface area contributed by atoms with Crippen LogP contribution in [0.5, 0.6) is 0 Å². The SMILES string of the molecule is CC1CC1OC1(C)CCCCC1C. The van der Waals surface area contributed by atoms with Gasteiger partial charge < -0.3 is 4.74 Å². The zero-order valence-electron chi connectivity index (χ0n) is 9.18. The summed E-state index contributed by atoms with van der Waals surface area (Å²) in [4.78, 5) is 0. The van der Waals surface area contributed by atoms with Crippen LogP contribution in [0.4, 0.5) is 0 Å². The molecule has 0 amide bonds. The lowest BCUT2D eigenvalue weighted by Gasteiger charge is -2.39. The van der Waals surface area contributed by atoms with Crippen LogP contribution >= 0.6 is 0 Å². The van der Waals surface area contributed by atoms with Crippen LogP contribution < -0.4 is 0 Å². The molecule has 0 aromatic rings. The minimum Gasteiger partial charge on any atom is -0.371 e. The van der Waals surface area contributed by atoms with Crippen molar-refractivity contribution in [1.29, 1.82) is 0 Å². The van der Waals surface area contributed by atoms with Gasteiger partial charge in [-0.25, -0.2) is 0 Å². The summed E-state index contributed by atoms with van der Waals surface area (Å²) in [5.74, 6) is 1.58. The molecule has 0 saturated heterocycles. The number of ether oxygens (including phenoxy) is 1. The Morgan fingerprint density at radius 3 is 2.46 bits per heavy atom. The van der Waals surface area contributed by atoms with Crippen molar-refractivity contribution in [2.75, 3.05) is 0 Å². The number of hydrogen-bond acceptors (Lipinski definition) is 1. The molecule has 2 rings (SSSR count). The summed E-state index contributed by atoms with van der Waals surface area (Å²) in [5.41, 5.74) is 0.202. The number of hydrogen-bond donors (Lipinski definition) is 0. The molecule has 13 heavy (non-hydrogen) atoms. The maximum atomic E-state index is 6.21. The van der Waals surface area contributed by atoms with E-state index in [0.29, 0.717) is 6.10 Å². The molecule has 1 heteroatoms. The molecule has 2 saturated carbocycles. The zero-order valence-corrected chi connectivity index (χ0v) is 9.18. The topological polar surface area (TPSA) is 9.23 Å². The van der Waals surface area contributed by atoms with E-state index >= 15 is 0 Å². The Bertz CT molecular complexity index is 190.